The number of ether oxygens (including phenoxy) is 1. The van der Waals surface area contributed by atoms with E-state index < -0.39 is 0 Å². The van der Waals surface area contributed by atoms with E-state index in [9.17, 15) is 9.90 Å². The van der Waals surface area contributed by atoms with Crippen molar-refractivity contribution < 1.29 is 14.6 Å². The topological polar surface area (TPSA) is 75.6 Å². The number of fused-ring (bicyclic) bond motifs is 2. The third kappa shape index (κ3) is 3.80. The zero-order valence-corrected chi connectivity index (χ0v) is 19.7. The molecule has 164 valence electrons. The molecule has 0 saturated heterocycles. The van der Waals surface area contributed by atoms with E-state index in [2.05, 4.69) is 19.2 Å². The quantitative estimate of drug-likeness (QED) is 0.435. The first-order valence-electron chi connectivity index (χ1n) is 10.7. The van der Waals surface area contributed by atoms with E-state index in [0.717, 1.165) is 52.4 Å². The summed E-state index contributed by atoms with van der Waals surface area (Å²) in [5, 5.41) is 12.9. The third-order valence-electron chi connectivity index (χ3n) is 6.18. The molecule has 1 saturated carbocycles. The molecule has 0 radical (unpaired) electrons. The number of rotatable bonds is 5. The number of carbonyl (C=O) groups is 1. The summed E-state index contributed by atoms with van der Waals surface area (Å²) in [4.78, 5) is 23.8. The summed E-state index contributed by atoms with van der Waals surface area (Å²) in [6.07, 6.45) is 4.29. The minimum Gasteiger partial charge on any atom is -0.505 e. The monoisotopic (exact) mass is 465 g/mol. The van der Waals surface area contributed by atoms with Crippen molar-refractivity contribution in [1.82, 2.24) is 14.9 Å². The Balaban J connectivity index is 1.55. The van der Waals surface area contributed by atoms with Gasteiger partial charge in [-0.2, -0.15) is 0 Å². The van der Waals surface area contributed by atoms with Gasteiger partial charge < -0.3 is 14.7 Å². The van der Waals surface area contributed by atoms with Crippen molar-refractivity contribution in [3.05, 3.63) is 53.0 Å². The van der Waals surface area contributed by atoms with Gasteiger partial charge in [-0.05, 0) is 36.3 Å². The van der Waals surface area contributed by atoms with Crippen LogP contribution in [0.4, 0.5) is 0 Å². The summed E-state index contributed by atoms with van der Waals surface area (Å²) in [5.41, 5.74) is 3.84. The Kier molecular flexibility index (Phi) is 5.70. The number of thiazole rings is 1. The maximum atomic E-state index is 13.1. The molecule has 1 atom stereocenters. The first-order valence-corrected chi connectivity index (χ1v) is 12.1. The summed E-state index contributed by atoms with van der Waals surface area (Å²) >= 11 is 1.49. The van der Waals surface area contributed by atoms with Crippen molar-refractivity contribution >= 4 is 53.0 Å². The van der Waals surface area contributed by atoms with Gasteiger partial charge in [-0.3, -0.25) is 4.79 Å². The van der Waals surface area contributed by atoms with Crippen molar-refractivity contribution in [2.75, 3.05) is 7.05 Å². The lowest BCUT2D eigenvalue weighted by atomic mass is 10.0. The van der Waals surface area contributed by atoms with Crippen LogP contribution in [0.2, 0.25) is 0 Å². The Bertz CT molecular complexity index is 1320. The molecule has 5 rings (SSSR count). The van der Waals surface area contributed by atoms with Gasteiger partial charge in [0.15, 0.2) is 11.4 Å². The van der Waals surface area contributed by atoms with E-state index in [1.807, 2.05) is 37.4 Å². The zero-order valence-electron chi connectivity index (χ0n) is 17.7. The number of nitrogens with zero attached hydrogens (tertiary/aromatic N) is 3. The lowest BCUT2D eigenvalue weighted by Gasteiger charge is -2.25. The summed E-state index contributed by atoms with van der Waals surface area (Å²) in [6.45, 7) is 0.306. The molecule has 8 heteroatoms. The molecule has 2 aromatic carbocycles. The first-order chi connectivity index (χ1) is 15.5. The second kappa shape index (κ2) is 8.64. The summed E-state index contributed by atoms with van der Waals surface area (Å²) in [6, 6.07) is 11.6. The highest BCUT2D eigenvalue weighted by molar-refractivity contribution is 7.27. The van der Waals surface area contributed by atoms with Crippen LogP contribution in [0.25, 0.3) is 21.3 Å². The standard InChI is InChI=1S/C24H24N3O3PS/c1-27(14-5-2-3-6-14)24(29)18-10-9-17-19(12-30-15-7-4-8-16(31)11-15)22-23(25-13-32-22)26-20(17)21(18)28/h4,7-11,13-14,28H,2-3,5-6,12,31H2,1H3. The Morgan fingerprint density at radius 1 is 1.28 bits per heavy atom. The number of phenols is 1. The highest BCUT2D eigenvalue weighted by Gasteiger charge is 2.27. The molecule has 0 spiro atoms. The molecule has 1 N–H and O–H groups in total. The maximum absolute atomic E-state index is 13.1. The molecule has 6 nitrogen and oxygen atoms in total. The summed E-state index contributed by atoms with van der Waals surface area (Å²) < 4.78 is 6.98. The maximum Gasteiger partial charge on any atom is 0.257 e. The molecule has 0 bridgehead atoms. The predicted octanol–water partition coefficient (Wildman–Crippen LogP) is 4.64. The molecule has 32 heavy (non-hydrogen) atoms. The Hall–Kier alpha value is -2.76. The summed E-state index contributed by atoms with van der Waals surface area (Å²) in [5.74, 6) is 0.487. The smallest absolute Gasteiger partial charge is 0.257 e. The van der Waals surface area contributed by atoms with Crippen LogP contribution >= 0.6 is 20.6 Å². The number of carbonyl (C=O) groups excluding carboxylic acids is 1. The van der Waals surface area contributed by atoms with Gasteiger partial charge >= 0.3 is 0 Å². The van der Waals surface area contributed by atoms with Crippen LogP contribution < -0.4 is 10.0 Å². The van der Waals surface area contributed by atoms with Crippen molar-refractivity contribution in [3.63, 3.8) is 0 Å². The Labute approximate surface area is 192 Å². The Morgan fingerprint density at radius 3 is 2.88 bits per heavy atom. The van der Waals surface area contributed by atoms with Gasteiger partial charge in [0.1, 0.15) is 17.9 Å². The zero-order chi connectivity index (χ0) is 22.2. The van der Waals surface area contributed by atoms with Crippen LogP contribution in [0.5, 0.6) is 11.5 Å². The van der Waals surface area contributed by atoms with Gasteiger partial charge in [-0.15, -0.1) is 20.6 Å². The molecule has 4 aromatic rings. The van der Waals surface area contributed by atoms with E-state index >= 15 is 0 Å². The fourth-order valence-corrected chi connectivity index (χ4v) is 5.46. The van der Waals surface area contributed by atoms with Crippen LogP contribution in [0, 0.1) is 0 Å². The molecule has 2 aromatic heterocycles. The molecular formula is C24H24N3O3PS. The molecule has 1 aliphatic rings. The van der Waals surface area contributed by atoms with Gasteiger partial charge in [0.05, 0.1) is 15.8 Å². The fraction of sp³-hybridized carbons (Fsp3) is 0.292. The number of pyridine rings is 1. The van der Waals surface area contributed by atoms with Crippen LogP contribution in [0.3, 0.4) is 0 Å². The average molecular weight is 466 g/mol. The molecule has 1 fully saturated rings. The van der Waals surface area contributed by atoms with Crippen molar-refractivity contribution in [3.8, 4) is 11.5 Å². The first kappa shape index (κ1) is 21.1. The lowest BCUT2D eigenvalue weighted by Crippen LogP contribution is -2.35. The van der Waals surface area contributed by atoms with Crippen molar-refractivity contribution in [1.29, 1.82) is 0 Å². The number of hydrogen-bond donors (Lipinski definition) is 1. The minimum absolute atomic E-state index is 0.0968. The van der Waals surface area contributed by atoms with Crippen molar-refractivity contribution in [2.45, 2.75) is 38.3 Å². The molecular weight excluding hydrogens is 441 g/mol. The van der Waals surface area contributed by atoms with E-state index in [-0.39, 0.29) is 23.3 Å². The summed E-state index contributed by atoms with van der Waals surface area (Å²) in [7, 11) is 4.48. The van der Waals surface area contributed by atoms with Gasteiger partial charge in [-0.1, -0.05) is 31.0 Å². The number of phenolic OH excluding ortho intramolecular Hbond substituents is 1. The highest BCUT2D eigenvalue weighted by Crippen LogP contribution is 2.36. The van der Waals surface area contributed by atoms with E-state index in [0.29, 0.717) is 17.8 Å². The number of benzene rings is 2. The van der Waals surface area contributed by atoms with E-state index in [1.54, 1.807) is 16.5 Å². The number of aromatic nitrogens is 2. The minimum atomic E-state index is -0.175. The molecule has 1 amide bonds. The molecule has 1 aliphatic carbocycles. The molecule has 0 aliphatic heterocycles. The Morgan fingerprint density at radius 2 is 2.09 bits per heavy atom. The van der Waals surface area contributed by atoms with Crippen LogP contribution in [0.1, 0.15) is 41.6 Å². The second-order valence-electron chi connectivity index (χ2n) is 8.17. The number of aromatic hydroxyl groups is 1. The van der Waals surface area contributed by atoms with Gasteiger partial charge in [0.25, 0.3) is 5.91 Å². The van der Waals surface area contributed by atoms with E-state index in [1.165, 1.54) is 11.3 Å². The van der Waals surface area contributed by atoms with Gasteiger partial charge in [0.2, 0.25) is 0 Å². The van der Waals surface area contributed by atoms with Crippen molar-refractivity contribution in [2.24, 2.45) is 0 Å². The largest absolute Gasteiger partial charge is 0.505 e. The third-order valence-corrected chi connectivity index (χ3v) is 7.42. The average Bonchev–Trinajstić information content (AvgIpc) is 3.48. The fourth-order valence-electron chi connectivity index (χ4n) is 4.41. The lowest BCUT2D eigenvalue weighted by molar-refractivity contribution is 0.0732. The molecule has 2 heterocycles. The van der Waals surface area contributed by atoms with Crippen LogP contribution in [-0.2, 0) is 6.61 Å². The molecule has 1 unspecified atom stereocenters. The van der Waals surface area contributed by atoms with Crippen LogP contribution in [0.15, 0.2) is 41.9 Å². The second-order valence-corrected chi connectivity index (χ2v) is 9.69. The normalized spacial score (nSPS) is 14.3. The van der Waals surface area contributed by atoms with Gasteiger partial charge in [-0.25, -0.2) is 9.97 Å². The van der Waals surface area contributed by atoms with Crippen LogP contribution in [-0.4, -0.2) is 39.0 Å². The predicted molar refractivity (Wildman–Crippen MR) is 131 cm³/mol. The highest BCUT2D eigenvalue weighted by atomic mass is 32.1. The number of amides is 1. The van der Waals surface area contributed by atoms with E-state index in [4.69, 9.17) is 4.74 Å². The van der Waals surface area contributed by atoms with Gasteiger partial charge in [0, 0.05) is 24.0 Å². The SMILES string of the molecule is CN(C(=O)c1ccc2c(COc3cccc(P)c3)c3scnc3nc2c1O)C1CCCC1. The number of hydrogen-bond acceptors (Lipinski definition) is 6.